The normalized spacial score (nSPS) is 11.2. The van der Waals surface area contributed by atoms with E-state index in [-0.39, 0.29) is 11.5 Å². The van der Waals surface area contributed by atoms with E-state index in [1.807, 2.05) is 31.2 Å². The lowest BCUT2D eigenvalue weighted by Crippen LogP contribution is -2.18. The van der Waals surface area contributed by atoms with Gasteiger partial charge in [-0.25, -0.2) is 4.68 Å². The predicted octanol–water partition coefficient (Wildman–Crippen LogP) is 3.16. The van der Waals surface area contributed by atoms with Crippen LogP contribution in [-0.2, 0) is 6.42 Å². The van der Waals surface area contributed by atoms with Crippen molar-refractivity contribution in [2.24, 2.45) is 0 Å². The van der Waals surface area contributed by atoms with Crippen LogP contribution >= 0.6 is 0 Å². The molecule has 0 saturated heterocycles. The maximum atomic E-state index is 12.4. The molecule has 2 aromatic rings. The molecule has 3 nitrogen and oxygen atoms in total. The van der Waals surface area contributed by atoms with Crippen LogP contribution < -0.4 is 5.56 Å². The molecule has 2 rings (SSSR count). The zero-order valence-corrected chi connectivity index (χ0v) is 11.4. The Hall–Kier alpha value is -1.77. The Morgan fingerprint density at radius 2 is 2.06 bits per heavy atom. The third-order valence-electron chi connectivity index (χ3n) is 3.20. The molecule has 0 aliphatic heterocycles. The van der Waals surface area contributed by atoms with Crippen LogP contribution in [0.3, 0.4) is 0 Å². The van der Waals surface area contributed by atoms with Gasteiger partial charge in [-0.05, 0) is 37.0 Å². The lowest BCUT2D eigenvalue weighted by Gasteiger charge is -2.02. The van der Waals surface area contributed by atoms with Crippen LogP contribution in [0.4, 0.5) is 0 Å². The molecule has 1 aromatic heterocycles. The van der Waals surface area contributed by atoms with E-state index < -0.39 is 0 Å². The van der Waals surface area contributed by atoms with Gasteiger partial charge in [0.25, 0.3) is 5.56 Å². The number of aryl methyl sites for hydroxylation is 2. The third-order valence-corrected chi connectivity index (χ3v) is 3.20. The van der Waals surface area contributed by atoms with Gasteiger partial charge in [0.05, 0.1) is 5.69 Å². The van der Waals surface area contributed by atoms with Gasteiger partial charge in [-0.2, -0.15) is 0 Å². The lowest BCUT2D eigenvalue weighted by molar-refractivity contribution is 0.818. The van der Waals surface area contributed by atoms with Crippen molar-refractivity contribution in [3.63, 3.8) is 0 Å². The molecule has 1 N–H and O–H groups in total. The highest BCUT2D eigenvalue weighted by Gasteiger charge is 2.16. The fourth-order valence-corrected chi connectivity index (χ4v) is 2.31. The Bertz CT molecular complexity index is 605. The summed E-state index contributed by atoms with van der Waals surface area (Å²) in [7, 11) is 0. The Balaban J connectivity index is 2.63. The van der Waals surface area contributed by atoms with Crippen LogP contribution in [-0.4, -0.2) is 9.78 Å². The van der Waals surface area contributed by atoms with Crippen molar-refractivity contribution in [1.29, 1.82) is 0 Å². The largest absolute Gasteiger partial charge is 0.295 e. The number of aromatic amines is 1. The number of hydrogen-bond acceptors (Lipinski definition) is 1. The standard InChI is InChI=1S/C15H20N2O/c1-5-13-14(10(2)3)15(18)17(16-13)12-8-6-7-11(4)9-12/h6-10,16H,5H2,1-4H3. The number of benzene rings is 1. The fraction of sp³-hybridized carbons (Fsp3) is 0.400. The monoisotopic (exact) mass is 244 g/mol. The van der Waals surface area contributed by atoms with Crippen molar-refractivity contribution >= 4 is 0 Å². The van der Waals surface area contributed by atoms with Crippen molar-refractivity contribution in [2.45, 2.75) is 40.0 Å². The Morgan fingerprint density at radius 3 is 2.56 bits per heavy atom. The summed E-state index contributed by atoms with van der Waals surface area (Å²) < 4.78 is 1.65. The molecule has 0 saturated carbocycles. The Kier molecular flexibility index (Phi) is 3.41. The van der Waals surface area contributed by atoms with E-state index in [0.717, 1.165) is 28.9 Å². The van der Waals surface area contributed by atoms with E-state index in [1.165, 1.54) is 0 Å². The first-order valence-electron chi connectivity index (χ1n) is 6.45. The Labute approximate surface area is 107 Å². The van der Waals surface area contributed by atoms with E-state index in [1.54, 1.807) is 4.68 Å². The van der Waals surface area contributed by atoms with Gasteiger partial charge >= 0.3 is 0 Å². The fourth-order valence-electron chi connectivity index (χ4n) is 2.31. The highest BCUT2D eigenvalue weighted by atomic mass is 16.1. The van der Waals surface area contributed by atoms with Gasteiger partial charge in [0.15, 0.2) is 0 Å². The summed E-state index contributed by atoms with van der Waals surface area (Å²) in [5.41, 5.74) is 4.07. The van der Waals surface area contributed by atoms with Gasteiger partial charge in [-0.3, -0.25) is 9.89 Å². The van der Waals surface area contributed by atoms with E-state index in [2.05, 4.69) is 25.9 Å². The van der Waals surface area contributed by atoms with E-state index in [9.17, 15) is 4.79 Å². The van der Waals surface area contributed by atoms with Gasteiger partial charge in [0.1, 0.15) is 0 Å². The molecule has 0 fully saturated rings. The topological polar surface area (TPSA) is 37.8 Å². The van der Waals surface area contributed by atoms with Crippen LogP contribution in [0.25, 0.3) is 5.69 Å². The lowest BCUT2D eigenvalue weighted by atomic mass is 10.0. The summed E-state index contributed by atoms with van der Waals surface area (Å²) in [5.74, 6) is 0.245. The van der Waals surface area contributed by atoms with Gasteiger partial charge in [0.2, 0.25) is 0 Å². The highest BCUT2D eigenvalue weighted by molar-refractivity contribution is 5.36. The average Bonchev–Trinajstić information content (AvgIpc) is 2.66. The molecule has 0 bridgehead atoms. The van der Waals surface area contributed by atoms with Crippen molar-refractivity contribution < 1.29 is 0 Å². The van der Waals surface area contributed by atoms with Gasteiger partial charge in [-0.1, -0.05) is 32.9 Å². The molecule has 1 heterocycles. The maximum absolute atomic E-state index is 12.4. The number of aromatic nitrogens is 2. The SMILES string of the molecule is CCc1[nH]n(-c2cccc(C)c2)c(=O)c1C(C)C. The molecule has 0 aliphatic rings. The first-order valence-corrected chi connectivity index (χ1v) is 6.45. The number of H-pyrrole nitrogens is 1. The maximum Gasteiger partial charge on any atom is 0.274 e. The predicted molar refractivity (Wildman–Crippen MR) is 74.6 cm³/mol. The minimum atomic E-state index is 0.0763. The summed E-state index contributed by atoms with van der Waals surface area (Å²) >= 11 is 0. The molecule has 0 radical (unpaired) electrons. The molecule has 3 heteroatoms. The van der Waals surface area contributed by atoms with Crippen LogP contribution in [0.2, 0.25) is 0 Å². The quantitative estimate of drug-likeness (QED) is 0.884. The zero-order valence-electron chi connectivity index (χ0n) is 11.4. The number of rotatable bonds is 3. The molecule has 1 aromatic carbocycles. The highest BCUT2D eigenvalue weighted by Crippen LogP contribution is 2.16. The molecule has 0 spiro atoms. The molecular weight excluding hydrogens is 224 g/mol. The molecule has 0 amide bonds. The summed E-state index contributed by atoms with van der Waals surface area (Å²) in [5, 5.41) is 3.23. The first kappa shape index (κ1) is 12.7. The van der Waals surface area contributed by atoms with Gasteiger partial charge in [0, 0.05) is 11.3 Å². The minimum absolute atomic E-state index is 0.0763. The second-order valence-electron chi connectivity index (χ2n) is 4.99. The molecule has 0 unspecified atom stereocenters. The molecule has 0 atom stereocenters. The van der Waals surface area contributed by atoms with Crippen LogP contribution in [0.15, 0.2) is 29.1 Å². The van der Waals surface area contributed by atoms with Gasteiger partial charge in [-0.15, -0.1) is 0 Å². The van der Waals surface area contributed by atoms with Crippen molar-refractivity contribution in [1.82, 2.24) is 9.78 Å². The first-order chi connectivity index (χ1) is 8.54. The minimum Gasteiger partial charge on any atom is -0.295 e. The van der Waals surface area contributed by atoms with E-state index >= 15 is 0 Å². The number of nitrogens with zero attached hydrogens (tertiary/aromatic N) is 1. The summed E-state index contributed by atoms with van der Waals surface area (Å²) in [6.45, 7) is 8.22. The van der Waals surface area contributed by atoms with Crippen LogP contribution in [0.5, 0.6) is 0 Å². The molecule has 0 aliphatic carbocycles. The smallest absolute Gasteiger partial charge is 0.274 e. The van der Waals surface area contributed by atoms with Crippen LogP contribution in [0.1, 0.15) is 43.5 Å². The summed E-state index contributed by atoms with van der Waals surface area (Å²) in [6, 6.07) is 7.97. The van der Waals surface area contributed by atoms with Crippen molar-refractivity contribution in [3.05, 3.63) is 51.4 Å². The second kappa shape index (κ2) is 4.84. The Morgan fingerprint density at radius 1 is 1.33 bits per heavy atom. The van der Waals surface area contributed by atoms with Gasteiger partial charge < -0.3 is 0 Å². The molecular formula is C15H20N2O. The zero-order chi connectivity index (χ0) is 13.3. The van der Waals surface area contributed by atoms with Crippen molar-refractivity contribution in [2.75, 3.05) is 0 Å². The van der Waals surface area contributed by atoms with E-state index in [4.69, 9.17) is 0 Å². The molecule has 18 heavy (non-hydrogen) atoms. The number of nitrogens with one attached hydrogen (secondary N) is 1. The third kappa shape index (κ3) is 2.13. The van der Waals surface area contributed by atoms with Crippen molar-refractivity contribution in [3.8, 4) is 5.69 Å². The van der Waals surface area contributed by atoms with E-state index in [0.29, 0.717) is 0 Å². The summed E-state index contributed by atoms with van der Waals surface area (Å²) in [4.78, 5) is 12.4. The average molecular weight is 244 g/mol. The number of hydrogen-bond donors (Lipinski definition) is 1. The molecule has 96 valence electrons. The summed E-state index contributed by atoms with van der Waals surface area (Å²) in [6.07, 6.45) is 0.849. The van der Waals surface area contributed by atoms with Crippen LogP contribution in [0, 0.1) is 6.92 Å². The second-order valence-corrected chi connectivity index (χ2v) is 4.99.